The molecule has 0 aromatic heterocycles. The van der Waals surface area contributed by atoms with Gasteiger partial charge in [0.05, 0.1) is 19.9 Å². The number of hydrogen-bond donors (Lipinski definition) is 1. The Morgan fingerprint density at radius 3 is 2.42 bits per heavy atom. The number of amides is 1. The molecule has 1 amide bonds. The van der Waals surface area contributed by atoms with Crippen molar-refractivity contribution < 1.29 is 14.3 Å². The minimum atomic E-state index is -0.167. The van der Waals surface area contributed by atoms with Gasteiger partial charge in [-0.15, -0.1) is 0 Å². The van der Waals surface area contributed by atoms with Crippen LogP contribution >= 0.6 is 0 Å². The fourth-order valence-electron chi connectivity index (χ4n) is 2.23. The fourth-order valence-corrected chi connectivity index (χ4v) is 2.23. The summed E-state index contributed by atoms with van der Waals surface area (Å²) in [7, 11) is 3.21. The highest BCUT2D eigenvalue weighted by molar-refractivity contribution is 6.38. The summed E-state index contributed by atoms with van der Waals surface area (Å²) in [6.07, 6.45) is 0.699. The third-order valence-electron chi connectivity index (χ3n) is 3.53. The van der Waals surface area contributed by atoms with Gasteiger partial charge in [-0.05, 0) is 43.2 Å². The molecule has 126 valence electrons. The third kappa shape index (κ3) is 4.84. The van der Waals surface area contributed by atoms with Crippen LogP contribution in [0.3, 0.4) is 0 Å². The monoisotopic (exact) mass is 326 g/mol. The van der Waals surface area contributed by atoms with Gasteiger partial charge in [0.25, 0.3) is 5.91 Å². The van der Waals surface area contributed by atoms with Gasteiger partial charge in [-0.25, -0.2) is 4.99 Å². The second-order valence-corrected chi connectivity index (χ2v) is 5.23. The first-order chi connectivity index (χ1) is 11.6. The predicted molar refractivity (Wildman–Crippen MR) is 95.5 cm³/mol. The van der Waals surface area contributed by atoms with E-state index < -0.39 is 0 Å². The Hall–Kier alpha value is -2.82. The van der Waals surface area contributed by atoms with Crippen LogP contribution < -0.4 is 14.8 Å². The molecule has 0 unspecified atom stereocenters. The zero-order chi connectivity index (χ0) is 17.4. The van der Waals surface area contributed by atoms with E-state index in [-0.39, 0.29) is 5.91 Å². The summed E-state index contributed by atoms with van der Waals surface area (Å²) in [6, 6.07) is 15.1. The smallest absolute Gasteiger partial charge is 0.265 e. The molecule has 0 radical (unpaired) electrons. The molecule has 1 N–H and O–H groups in total. The Kier molecular flexibility index (Phi) is 6.37. The SMILES string of the molecule is COc1ccc(CCNC(=O)C(C)=Nc2ccccc2)cc1OC. The lowest BCUT2D eigenvalue weighted by molar-refractivity contribution is -0.114. The maximum atomic E-state index is 12.1. The molecule has 0 aliphatic heterocycles. The molecule has 0 bridgehead atoms. The van der Waals surface area contributed by atoms with Crippen LogP contribution in [0.15, 0.2) is 53.5 Å². The molecule has 0 spiro atoms. The summed E-state index contributed by atoms with van der Waals surface area (Å²) in [5, 5.41) is 2.88. The van der Waals surface area contributed by atoms with E-state index in [0.29, 0.717) is 30.2 Å². The van der Waals surface area contributed by atoms with Gasteiger partial charge in [0.15, 0.2) is 11.5 Å². The Labute approximate surface area is 142 Å². The largest absolute Gasteiger partial charge is 0.493 e. The van der Waals surface area contributed by atoms with Crippen molar-refractivity contribution in [3.8, 4) is 11.5 Å². The van der Waals surface area contributed by atoms with Gasteiger partial charge >= 0.3 is 0 Å². The van der Waals surface area contributed by atoms with Gasteiger partial charge in [-0.2, -0.15) is 0 Å². The van der Waals surface area contributed by atoms with Gasteiger partial charge in [0.2, 0.25) is 0 Å². The van der Waals surface area contributed by atoms with E-state index in [4.69, 9.17) is 9.47 Å². The van der Waals surface area contributed by atoms with Crippen molar-refractivity contribution in [2.24, 2.45) is 4.99 Å². The van der Waals surface area contributed by atoms with Crippen molar-refractivity contribution in [3.63, 3.8) is 0 Å². The van der Waals surface area contributed by atoms with Gasteiger partial charge in [0, 0.05) is 6.54 Å². The van der Waals surface area contributed by atoms with E-state index in [0.717, 1.165) is 11.3 Å². The molecular weight excluding hydrogens is 304 g/mol. The van der Waals surface area contributed by atoms with Crippen LogP contribution in [0.2, 0.25) is 0 Å². The summed E-state index contributed by atoms with van der Waals surface area (Å²) in [5.41, 5.74) is 2.27. The zero-order valence-corrected chi connectivity index (χ0v) is 14.2. The quantitative estimate of drug-likeness (QED) is 0.795. The number of ether oxygens (including phenoxy) is 2. The van der Waals surface area contributed by atoms with E-state index in [1.165, 1.54) is 0 Å². The summed E-state index contributed by atoms with van der Waals surface area (Å²) >= 11 is 0. The van der Waals surface area contributed by atoms with Crippen molar-refractivity contribution in [2.45, 2.75) is 13.3 Å². The summed E-state index contributed by atoms with van der Waals surface area (Å²) < 4.78 is 10.5. The molecule has 2 rings (SSSR count). The van der Waals surface area contributed by atoms with Crippen LogP contribution in [0.25, 0.3) is 0 Å². The number of para-hydroxylation sites is 1. The molecule has 0 saturated carbocycles. The zero-order valence-electron chi connectivity index (χ0n) is 14.2. The molecule has 5 nitrogen and oxygen atoms in total. The highest BCUT2D eigenvalue weighted by Gasteiger charge is 2.07. The average Bonchev–Trinajstić information content (AvgIpc) is 2.62. The Morgan fingerprint density at radius 1 is 1.04 bits per heavy atom. The highest BCUT2D eigenvalue weighted by atomic mass is 16.5. The maximum absolute atomic E-state index is 12.1. The van der Waals surface area contributed by atoms with E-state index in [9.17, 15) is 4.79 Å². The first-order valence-corrected chi connectivity index (χ1v) is 7.73. The van der Waals surface area contributed by atoms with Crippen LogP contribution in [0.4, 0.5) is 5.69 Å². The summed E-state index contributed by atoms with van der Waals surface area (Å²) in [6.45, 7) is 2.23. The van der Waals surface area contributed by atoms with Crippen molar-refractivity contribution in [1.82, 2.24) is 5.32 Å². The second kappa shape index (κ2) is 8.72. The molecule has 0 aliphatic rings. The van der Waals surface area contributed by atoms with Crippen LogP contribution in [0, 0.1) is 0 Å². The third-order valence-corrected chi connectivity index (χ3v) is 3.53. The molecule has 0 saturated heterocycles. The summed E-state index contributed by atoms with van der Waals surface area (Å²) in [4.78, 5) is 16.4. The lowest BCUT2D eigenvalue weighted by Crippen LogP contribution is -2.31. The number of carbonyl (C=O) groups is 1. The van der Waals surface area contributed by atoms with Crippen molar-refractivity contribution >= 4 is 17.3 Å². The predicted octanol–water partition coefficient (Wildman–Crippen LogP) is 3.16. The number of methoxy groups -OCH3 is 2. The van der Waals surface area contributed by atoms with E-state index >= 15 is 0 Å². The number of hydrogen-bond acceptors (Lipinski definition) is 4. The minimum Gasteiger partial charge on any atom is -0.493 e. The number of rotatable bonds is 7. The standard InChI is InChI=1S/C19H22N2O3/c1-14(21-16-7-5-4-6-8-16)19(22)20-12-11-15-9-10-17(23-2)18(13-15)24-3/h4-10,13H,11-12H2,1-3H3,(H,20,22). The molecular formula is C19H22N2O3. The molecule has 0 atom stereocenters. The number of benzene rings is 2. The lowest BCUT2D eigenvalue weighted by Gasteiger charge is -2.10. The van der Waals surface area contributed by atoms with Crippen molar-refractivity contribution in [3.05, 3.63) is 54.1 Å². The Bertz CT molecular complexity index is 712. The Balaban J connectivity index is 1.89. The normalized spacial score (nSPS) is 11.0. The molecule has 2 aromatic carbocycles. The number of carbonyl (C=O) groups excluding carboxylic acids is 1. The maximum Gasteiger partial charge on any atom is 0.265 e. The lowest BCUT2D eigenvalue weighted by atomic mass is 10.1. The second-order valence-electron chi connectivity index (χ2n) is 5.23. The van der Waals surface area contributed by atoms with Gasteiger partial charge in [-0.3, -0.25) is 4.79 Å². The average molecular weight is 326 g/mol. The van der Waals surface area contributed by atoms with E-state index in [1.54, 1.807) is 21.1 Å². The molecule has 0 fully saturated rings. The van der Waals surface area contributed by atoms with Crippen LogP contribution in [0.1, 0.15) is 12.5 Å². The first-order valence-electron chi connectivity index (χ1n) is 7.73. The molecule has 0 aliphatic carbocycles. The number of nitrogens with one attached hydrogen (secondary N) is 1. The molecule has 2 aromatic rings. The van der Waals surface area contributed by atoms with Crippen LogP contribution in [-0.4, -0.2) is 32.4 Å². The van der Waals surface area contributed by atoms with Crippen molar-refractivity contribution in [1.29, 1.82) is 0 Å². The van der Waals surface area contributed by atoms with Gasteiger partial charge in [0.1, 0.15) is 5.71 Å². The topological polar surface area (TPSA) is 59.9 Å². The molecule has 24 heavy (non-hydrogen) atoms. The highest BCUT2D eigenvalue weighted by Crippen LogP contribution is 2.27. The van der Waals surface area contributed by atoms with Crippen molar-refractivity contribution in [2.75, 3.05) is 20.8 Å². The Morgan fingerprint density at radius 2 is 1.75 bits per heavy atom. The summed E-state index contributed by atoms with van der Waals surface area (Å²) in [5.74, 6) is 1.21. The van der Waals surface area contributed by atoms with Crippen LogP contribution in [0.5, 0.6) is 11.5 Å². The van der Waals surface area contributed by atoms with Gasteiger partial charge in [-0.1, -0.05) is 24.3 Å². The molecule has 0 heterocycles. The first kappa shape index (κ1) is 17.5. The number of aliphatic imine (C=N–C) groups is 1. The van der Waals surface area contributed by atoms with Gasteiger partial charge < -0.3 is 14.8 Å². The van der Waals surface area contributed by atoms with Crippen LogP contribution in [-0.2, 0) is 11.2 Å². The number of nitrogens with zero attached hydrogens (tertiary/aromatic N) is 1. The fraction of sp³-hybridized carbons (Fsp3) is 0.263. The van der Waals surface area contributed by atoms with E-state index in [2.05, 4.69) is 10.3 Å². The van der Waals surface area contributed by atoms with E-state index in [1.807, 2.05) is 48.5 Å². The molecule has 5 heteroatoms. The minimum absolute atomic E-state index is 0.167.